The average molecular weight is 653 g/mol. The van der Waals surface area contributed by atoms with Gasteiger partial charge in [-0.05, 0) is 67.8 Å². The maximum absolute atomic E-state index is 14.4. The van der Waals surface area contributed by atoms with Gasteiger partial charge in [-0.2, -0.15) is 0 Å². The summed E-state index contributed by atoms with van der Waals surface area (Å²) in [5, 5.41) is 3.33. The minimum atomic E-state index is -4.18. The zero-order valence-corrected chi connectivity index (χ0v) is 27.4. The molecule has 230 valence electrons. The number of nitrogens with one attached hydrogen (secondary N) is 1. The number of halogens is 2. The number of amides is 2. The number of rotatable bonds is 11. The highest BCUT2D eigenvalue weighted by atomic mass is 35.5. The number of carbonyl (C=O) groups is 2. The summed E-state index contributed by atoms with van der Waals surface area (Å²) in [5.74, 6) is -0.946. The number of nitrogens with zero attached hydrogens (tertiary/aromatic N) is 2. The number of carbonyl (C=O) groups excluding carboxylic acids is 2. The largest absolute Gasteiger partial charge is 0.357 e. The topological polar surface area (TPSA) is 86.8 Å². The molecule has 1 N–H and O–H groups in total. The van der Waals surface area contributed by atoms with E-state index in [1.165, 1.54) is 24.1 Å². The molecule has 44 heavy (non-hydrogen) atoms. The molecule has 0 saturated carbocycles. The van der Waals surface area contributed by atoms with Crippen molar-refractivity contribution in [1.82, 2.24) is 10.2 Å². The summed E-state index contributed by atoms with van der Waals surface area (Å²) in [4.78, 5) is 29.3. The third kappa shape index (κ3) is 7.80. The van der Waals surface area contributed by atoms with E-state index >= 15 is 0 Å². The molecule has 0 saturated heterocycles. The van der Waals surface area contributed by atoms with E-state index in [2.05, 4.69) is 5.32 Å². The Balaban J connectivity index is 1.82. The van der Waals surface area contributed by atoms with Gasteiger partial charge in [-0.1, -0.05) is 95.0 Å². The summed E-state index contributed by atoms with van der Waals surface area (Å²) in [6.45, 7) is 5.04. The van der Waals surface area contributed by atoms with Gasteiger partial charge in [0.2, 0.25) is 11.8 Å². The molecule has 7 nitrogen and oxygen atoms in total. The molecule has 1 atom stereocenters. The quantitative estimate of drug-likeness (QED) is 0.201. The lowest BCUT2D eigenvalue weighted by molar-refractivity contribution is -0.139. The van der Waals surface area contributed by atoms with Crippen LogP contribution < -0.4 is 9.62 Å². The maximum Gasteiger partial charge on any atom is 0.264 e. The van der Waals surface area contributed by atoms with Crippen molar-refractivity contribution in [2.24, 2.45) is 0 Å². The minimum Gasteiger partial charge on any atom is -0.357 e. The number of hydrogen-bond donors (Lipinski definition) is 1. The molecule has 4 rings (SSSR count). The van der Waals surface area contributed by atoms with Crippen molar-refractivity contribution in [3.8, 4) is 0 Å². The monoisotopic (exact) mass is 651 g/mol. The summed E-state index contributed by atoms with van der Waals surface area (Å²) in [7, 11) is -2.68. The Bertz CT molecular complexity index is 1750. The van der Waals surface area contributed by atoms with E-state index < -0.39 is 28.5 Å². The lowest BCUT2D eigenvalue weighted by Gasteiger charge is -2.34. The first kappa shape index (κ1) is 33.1. The van der Waals surface area contributed by atoms with Crippen LogP contribution in [0.25, 0.3) is 0 Å². The van der Waals surface area contributed by atoms with Crippen LogP contribution >= 0.6 is 23.2 Å². The van der Waals surface area contributed by atoms with Crippen molar-refractivity contribution in [2.75, 3.05) is 17.9 Å². The lowest BCUT2D eigenvalue weighted by Crippen LogP contribution is -2.53. The highest BCUT2D eigenvalue weighted by Crippen LogP contribution is 2.29. The van der Waals surface area contributed by atoms with Crippen LogP contribution in [0.4, 0.5) is 5.69 Å². The van der Waals surface area contributed by atoms with Crippen LogP contribution in [0, 0.1) is 20.8 Å². The number of anilines is 1. The highest BCUT2D eigenvalue weighted by Gasteiger charge is 2.34. The van der Waals surface area contributed by atoms with Crippen LogP contribution in [0.3, 0.4) is 0 Å². The number of sulfonamides is 1. The molecule has 4 aromatic carbocycles. The normalized spacial score (nSPS) is 12.0. The zero-order chi connectivity index (χ0) is 32.0. The Kier molecular flexibility index (Phi) is 10.7. The molecule has 0 aliphatic heterocycles. The second-order valence-electron chi connectivity index (χ2n) is 10.7. The molecule has 2 amide bonds. The fourth-order valence-electron chi connectivity index (χ4n) is 4.99. The van der Waals surface area contributed by atoms with Crippen molar-refractivity contribution in [3.63, 3.8) is 0 Å². The third-order valence-electron chi connectivity index (χ3n) is 7.36. The van der Waals surface area contributed by atoms with Gasteiger partial charge >= 0.3 is 0 Å². The Morgan fingerprint density at radius 3 is 2.07 bits per heavy atom. The van der Waals surface area contributed by atoms with Gasteiger partial charge in [0.1, 0.15) is 12.6 Å². The molecule has 4 aromatic rings. The van der Waals surface area contributed by atoms with Crippen molar-refractivity contribution in [3.05, 3.63) is 129 Å². The molecule has 0 unspecified atom stereocenters. The summed E-state index contributed by atoms with van der Waals surface area (Å²) in [6.07, 6.45) is 0.210. The van der Waals surface area contributed by atoms with Crippen LogP contribution in [0.2, 0.25) is 10.0 Å². The Labute approximate surface area is 269 Å². The van der Waals surface area contributed by atoms with Crippen LogP contribution in [0.15, 0.2) is 95.9 Å². The number of likely N-dealkylation sites (N-methyl/N-ethyl adjacent to an activating group) is 1. The summed E-state index contributed by atoms with van der Waals surface area (Å²) >= 11 is 12.5. The lowest BCUT2D eigenvalue weighted by atomic mass is 10.0. The second kappa shape index (κ2) is 14.3. The van der Waals surface area contributed by atoms with E-state index in [0.29, 0.717) is 26.9 Å². The van der Waals surface area contributed by atoms with Gasteiger partial charge < -0.3 is 10.2 Å². The highest BCUT2D eigenvalue weighted by molar-refractivity contribution is 7.92. The molecule has 0 aliphatic carbocycles. The smallest absolute Gasteiger partial charge is 0.264 e. The molecule has 0 heterocycles. The standard InChI is InChI=1S/C34H35Cl2N3O4S/c1-23-10-14-28(15-11-23)44(42,43)39(31-17-12-24(2)18-25(31)3)22-33(40)38(21-27-13-16-29(35)30(36)19-27)32(34(41)37-4)20-26-8-6-5-7-9-26/h5-19,32H,20-22H2,1-4H3,(H,37,41)/t32-/m0/s1. The average Bonchev–Trinajstić information content (AvgIpc) is 3.00. The van der Waals surface area contributed by atoms with Gasteiger partial charge in [0, 0.05) is 20.0 Å². The molecule has 0 aliphatic rings. The first-order valence-electron chi connectivity index (χ1n) is 14.1. The molecule has 0 radical (unpaired) electrons. The molecular formula is C34H35Cl2N3O4S. The van der Waals surface area contributed by atoms with Crippen LogP contribution in [0.1, 0.15) is 27.8 Å². The van der Waals surface area contributed by atoms with E-state index in [1.54, 1.807) is 49.4 Å². The first-order valence-corrected chi connectivity index (χ1v) is 16.3. The van der Waals surface area contributed by atoms with E-state index in [1.807, 2.05) is 50.2 Å². The fraction of sp³-hybridized carbons (Fsp3) is 0.235. The Morgan fingerprint density at radius 1 is 0.795 bits per heavy atom. The SMILES string of the molecule is CNC(=O)[C@H](Cc1ccccc1)N(Cc1ccc(Cl)c(Cl)c1)C(=O)CN(c1ccc(C)cc1C)S(=O)(=O)c1ccc(C)cc1. The third-order valence-corrected chi connectivity index (χ3v) is 9.88. The van der Waals surface area contributed by atoms with Crippen LogP contribution in [-0.4, -0.2) is 44.8 Å². The summed E-state index contributed by atoms with van der Waals surface area (Å²) < 4.78 is 29.5. The number of aryl methyl sites for hydroxylation is 3. The van der Waals surface area contributed by atoms with Gasteiger partial charge in [0.15, 0.2) is 0 Å². The van der Waals surface area contributed by atoms with E-state index in [0.717, 1.165) is 21.0 Å². The van der Waals surface area contributed by atoms with Crippen molar-refractivity contribution < 1.29 is 18.0 Å². The van der Waals surface area contributed by atoms with Crippen molar-refractivity contribution in [1.29, 1.82) is 0 Å². The second-order valence-corrected chi connectivity index (χ2v) is 13.4. The molecule has 0 aromatic heterocycles. The number of hydrogen-bond acceptors (Lipinski definition) is 4. The van der Waals surface area contributed by atoms with Gasteiger partial charge in [0.05, 0.1) is 20.6 Å². The first-order chi connectivity index (χ1) is 20.9. The molecule has 0 fully saturated rings. The van der Waals surface area contributed by atoms with E-state index in [-0.39, 0.29) is 23.8 Å². The summed E-state index contributed by atoms with van der Waals surface area (Å²) in [6, 6.07) is 25.2. The molecule has 0 spiro atoms. The summed E-state index contributed by atoms with van der Waals surface area (Å²) in [5.41, 5.74) is 4.39. The van der Waals surface area contributed by atoms with Gasteiger partial charge in [-0.25, -0.2) is 8.42 Å². The van der Waals surface area contributed by atoms with E-state index in [4.69, 9.17) is 23.2 Å². The molecule has 0 bridgehead atoms. The van der Waals surface area contributed by atoms with Crippen LogP contribution in [0.5, 0.6) is 0 Å². The molecular weight excluding hydrogens is 617 g/mol. The predicted octanol–water partition coefficient (Wildman–Crippen LogP) is 6.50. The molecule has 10 heteroatoms. The van der Waals surface area contributed by atoms with Gasteiger partial charge in [-0.15, -0.1) is 0 Å². The van der Waals surface area contributed by atoms with Crippen molar-refractivity contribution in [2.45, 2.75) is 44.7 Å². The van der Waals surface area contributed by atoms with Crippen LogP contribution in [-0.2, 0) is 32.6 Å². The fourth-order valence-corrected chi connectivity index (χ4v) is 6.79. The van der Waals surface area contributed by atoms with Gasteiger partial charge in [0.25, 0.3) is 10.0 Å². The van der Waals surface area contributed by atoms with Gasteiger partial charge in [-0.3, -0.25) is 13.9 Å². The van der Waals surface area contributed by atoms with E-state index in [9.17, 15) is 18.0 Å². The zero-order valence-electron chi connectivity index (χ0n) is 25.1. The predicted molar refractivity (Wildman–Crippen MR) is 177 cm³/mol. The minimum absolute atomic E-state index is 0.00799. The Morgan fingerprint density at radius 2 is 1.45 bits per heavy atom. The van der Waals surface area contributed by atoms with Crippen molar-refractivity contribution >= 4 is 50.7 Å². The Hall–Kier alpha value is -3.85. The number of benzene rings is 4. The maximum atomic E-state index is 14.4.